The molecule has 2 atom stereocenters. The van der Waals surface area contributed by atoms with Crippen molar-refractivity contribution in [3.05, 3.63) is 65.7 Å². The van der Waals surface area contributed by atoms with Crippen LogP contribution >= 0.6 is 0 Å². The smallest absolute Gasteiger partial charge is 0.291 e. The molecule has 8 nitrogen and oxygen atoms in total. The lowest BCUT2D eigenvalue weighted by Crippen LogP contribution is -2.32. The molecule has 1 fully saturated rings. The molecule has 0 spiro atoms. The van der Waals surface area contributed by atoms with Gasteiger partial charge in [-0.05, 0) is 18.9 Å². The van der Waals surface area contributed by atoms with Gasteiger partial charge in [-0.3, -0.25) is 10.2 Å². The number of anilines is 1. The van der Waals surface area contributed by atoms with Gasteiger partial charge in [-0.25, -0.2) is 4.99 Å². The van der Waals surface area contributed by atoms with E-state index >= 15 is 0 Å². The molecule has 2 aliphatic heterocycles. The number of nitrogens with two attached hydrogens (primary N) is 1. The number of ether oxygens (including phenoxy) is 2. The molecular weight excluding hydrogens is 394 g/mol. The van der Waals surface area contributed by atoms with E-state index < -0.39 is 18.2 Å². The van der Waals surface area contributed by atoms with Crippen LogP contribution in [0.5, 0.6) is 0 Å². The summed E-state index contributed by atoms with van der Waals surface area (Å²) in [5.74, 6) is -0.549. The molecule has 2 aromatic carbocycles. The highest BCUT2D eigenvalue weighted by atomic mass is 16.6. The van der Waals surface area contributed by atoms with Crippen LogP contribution in [0, 0.1) is 5.41 Å². The molecule has 1 saturated heterocycles. The summed E-state index contributed by atoms with van der Waals surface area (Å²) in [6, 6.07) is 16.7. The van der Waals surface area contributed by atoms with Crippen molar-refractivity contribution in [1.82, 2.24) is 0 Å². The van der Waals surface area contributed by atoms with Crippen LogP contribution in [-0.4, -0.2) is 42.4 Å². The third kappa shape index (κ3) is 5.35. The van der Waals surface area contributed by atoms with Crippen LogP contribution in [0.25, 0.3) is 0 Å². The van der Waals surface area contributed by atoms with Gasteiger partial charge < -0.3 is 20.5 Å². The molecule has 0 saturated carbocycles. The number of nitrogens with one attached hydrogen (secondary N) is 2. The Bertz CT molecular complexity index is 982. The summed E-state index contributed by atoms with van der Waals surface area (Å²) in [5, 5.41) is 10.8. The molecule has 0 aliphatic carbocycles. The van der Waals surface area contributed by atoms with E-state index in [4.69, 9.17) is 20.6 Å². The summed E-state index contributed by atoms with van der Waals surface area (Å²) in [6.07, 6.45) is -0.0161. The number of para-hydroxylation sites is 1. The number of carbonyl (C=O) groups excluding carboxylic acids is 1. The molecule has 1 amide bonds. The van der Waals surface area contributed by atoms with E-state index in [0.717, 1.165) is 17.5 Å². The number of hydrogen-bond donors (Lipinski definition) is 3. The topological polar surface area (TPSA) is 122 Å². The SMILES string of the molecule is CC.N=C(O/C(N)=N/C1N=C(c2ccccc2)c2ccccc2NC1=O)C1CCCO1. The average Bonchev–Trinajstić information content (AvgIpc) is 3.30. The van der Waals surface area contributed by atoms with Crippen LogP contribution in [0.4, 0.5) is 5.69 Å². The van der Waals surface area contributed by atoms with Crippen molar-refractivity contribution in [2.45, 2.75) is 39.0 Å². The van der Waals surface area contributed by atoms with Gasteiger partial charge in [-0.2, -0.15) is 4.99 Å². The number of carbonyl (C=O) groups is 1. The second kappa shape index (κ2) is 10.5. The van der Waals surface area contributed by atoms with Gasteiger partial charge in [0.2, 0.25) is 12.1 Å². The molecule has 2 unspecified atom stereocenters. The lowest BCUT2D eigenvalue weighted by atomic mass is 10.0. The van der Waals surface area contributed by atoms with Crippen molar-refractivity contribution in [3.8, 4) is 0 Å². The first-order valence-corrected chi connectivity index (χ1v) is 10.4. The average molecular weight is 422 g/mol. The summed E-state index contributed by atoms with van der Waals surface area (Å²) in [7, 11) is 0. The molecule has 2 aliphatic rings. The zero-order valence-electron chi connectivity index (χ0n) is 17.7. The highest BCUT2D eigenvalue weighted by Gasteiger charge is 2.27. The van der Waals surface area contributed by atoms with E-state index in [2.05, 4.69) is 15.3 Å². The van der Waals surface area contributed by atoms with Gasteiger partial charge in [0, 0.05) is 17.7 Å². The normalized spacial score (nSPS) is 20.4. The third-order valence-corrected chi connectivity index (χ3v) is 4.66. The van der Waals surface area contributed by atoms with Gasteiger partial charge in [-0.15, -0.1) is 0 Å². The highest BCUT2D eigenvalue weighted by Crippen LogP contribution is 2.24. The number of amidine groups is 1. The number of fused-ring (bicyclic) bond motifs is 1. The molecule has 0 bridgehead atoms. The Labute approximate surface area is 181 Å². The van der Waals surface area contributed by atoms with Gasteiger partial charge in [0.25, 0.3) is 11.9 Å². The van der Waals surface area contributed by atoms with Gasteiger partial charge in [-0.1, -0.05) is 62.4 Å². The fraction of sp³-hybridized carbons (Fsp3) is 0.304. The summed E-state index contributed by atoms with van der Waals surface area (Å²) in [4.78, 5) is 21.4. The summed E-state index contributed by atoms with van der Waals surface area (Å²) in [6.45, 7) is 4.58. The molecule has 4 rings (SSSR count). The summed E-state index contributed by atoms with van der Waals surface area (Å²) < 4.78 is 10.7. The van der Waals surface area contributed by atoms with Crippen LogP contribution < -0.4 is 11.1 Å². The Morgan fingerprint density at radius 3 is 2.61 bits per heavy atom. The maximum atomic E-state index is 12.7. The van der Waals surface area contributed by atoms with E-state index in [1.54, 1.807) is 0 Å². The minimum Gasteiger partial charge on any atom is -0.409 e. The fourth-order valence-corrected chi connectivity index (χ4v) is 3.27. The Kier molecular flexibility index (Phi) is 7.50. The Hall–Kier alpha value is -3.52. The molecule has 4 N–H and O–H groups in total. The lowest BCUT2D eigenvalue weighted by Gasteiger charge is -2.12. The van der Waals surface area contributed by atoms with Crippen LogP contribution in [0.1, 0.15) is 37.8 Å². The van der Waals surface area contributed by atoms with Crippen molar-refractivity contribution in [2.75, 3.05) is 11.9 Å². The molecular formula is C23H27N5O3. The lowest BCUT2D eigenvalue weighted by molar-refractivity contribution is -0.117. The van der Waals surface area contributed by atoms with E-state index in [1.807, 2.05) is 68.4 Å². The molecule has 31 heavy (non-hydrogen) atoms. The zero-order valence-corrected chi connectivity index (χ0v) is 17.7. The zero-order chi connectivity index (χ0) is 22.2. The summed E-state index contributed by atoms with van der Waals surface area (Å²) in [5.41, 5.74) is 8.76. The molecule has 0 radical (unpaired) electrons. The monoisotopic (exact) mass is 421 g/mol. The number of benzene rings is 2. The standard InChI is InChI=1S/C21H21N5O3.C2H6/c22-18(16-11-6-12-28-16)29-21(23)26-19-20(27)24-15-10-5-4-9-14(15)17(25-19)13-7-2-1-3-8-13;1-2/h1-5,7-10,16,19,22H,6,11-12H2,(H2,23,26)(H,24,27);1-2H3. The van der Waals surface area contributed by atoms with Crippen LogP contribution in [0.15, 0.2) is 64.6 Å². The van der Waals surface area contributed by atoms with E-state index in [9.17, 15) is 4.79 Å². The van der Waals surface area contributed by atoms with E-state index in [1.165, 1.54) is 0 Å². The van der Waals surface area contributed by atoms with Gasteiger partial charge in [0.05, 0.1) is 11.4 Å². The van der Waals surface area contributed by atoms with Crippen molar-refractivity contribution in [2.24, 2.45) is 15.7 Å². The second-order valence-electron chi connectivity index (χ2n) is 6.69. The van der Waals surface area contributed by atoms with Crippen molar-refractivity contribution in [1.29, 1.82) is 5.41 Å². The minimum absolute atomic E-state index is 0.117. The second-order valence-corrected chi connectivity index (χ2v) is 6.69. The number of rotatable bonds is 3. The largest absolute Gasteiger partial charge is 0.409 e. The van der Waals surface area contributed by atoms with Gasteiger partial charge >= 0.3 is 0 Å². The van der Waals surface area contributed by atoms with Crippen LogP contribution in [0.3, 0.4) is 0 Å². The Morgan fingerprint density at radius 1 is 1.19 bits per heavy atom. The Morgan fingerprint density at radius 2 is 1.90 bits per heavy atom. The first-order valence-electron chi connectivity index (χ1n) is 10.4. The van der Waals surface area contributed by atoms with Gasteiger partial charge in [0.15, 0.2) is 0 Å². The first-order chi connectivity index (χ1) is 15.1. The van der Waals surface area contributed by atoms with E-state index in [0.29, 0.717) is 24.4 Å². The molecule has 162 valence electrons. The maximum Gasteiger partial charge on any atom is 0.291 e. The van der Waals surface area contributed by atoms with Crippen molar-refractivity contribution in [3.63, 3.8) is 0 Å². The predicted molar refractivity (Wildman–Crippen MR) is 122 cm³/mol. The van der Waals surface area contributed by atoms with E-state index in [-0.39, 0.29) is 11.9 Å². The highest BCUT2D eigenvalue weighted by molar-refractivity contribution is 6.19. The molecule has 0 aromatic heterocycles. The first kappa shape index (κ1) is 22.2. The number of hydrogen-bond acceptors (Lipinski definition) is 6. The van der Waals surface area contributed by atoms with Crippen LogP contribution in [0.2, 0.25) is 0 Å². The molecule has 2 heterocycles. The number of amides is 1. The number of nitrogens with zero attached hydrogens (tertiary/aromatic N) is 2. The number of aliphatic imine (C=N–C) groups is 2. The molecule has 2 aromatic rings. The predicted octanol–water partition coefficient (Wildman–Crippen LogP) is 3.32. The van der Waals surface area contributed by atoms with Gasteiger partial charge in [0.1, 0.15) is 6.10 Å². The number of benzodiazepines with no additional fused rings is 1. The third-order valence-electron chi connectivity index (χ3n) is 4.66. The Balaban J connectivity index is 0.00000132. The quantitative estimate of drug-likeness (QED) is 0.520. The summed E-state index contributed by atoms with van der Waals surface area (Å²) >= 11 is 0. The van der Waals surface area contributed by atoms with Crippen molar-refractivity contribution < 1.29 is 14.3 Å². The minimum atomic E-state index is -1.14. The van der Waals surface area contributed by atoms with Crippen LogP contribution in [-0.2, 0) is 14.3 Å². The fourth-order valence-electron chi connectivity index (χ4n) is 3.27. The molecule has 8 heteroatoms. The van der Waals surface area contributed by atoms with Crippen molar-refractivity contribution >= 4 is 29.2 Å². The maximum absolute atomic E-state index is 12.7.